The van der Waals surface area contributed by atoms with Crippen LogP contribution in [0.5, 0.6) is 0 Å². The van der Waals surface area contributed by atoms with Crippen LogP contribution >= 0.6 is 11.6 Å². The Morgan fingerprint density at radius 1 is 1.00 bits per heavy atom. The highest BCUT2D eigenvalue weighted by molar-refractivity contribution is 6.30. The SMILES string of the molecule is FC(F)(F)COC1C=CC=C(Cl)C1c1ccc(C(F)(F)F)cc1. The maximum absolute atomic E-state index is 12.6. The second-order valence-electron chi connectivity index (χ2n) is 4.92. The summed E-state index contributed by atoms with van der Waals surface area (Å²) in [7, 11) is 0. The van der Waals surface area contributed by atoms with Crippen molar-refractivity contribution in [2.75, 3.05) is 6.61 Å². The summed E-state index contributed by atoms with van der Waals surface area (Å²) in [5.41, 5.74) is -0.503. The van der Waals surface area contributed by atoms with Gasteiger partial charge in [-0.2, -0.15) is 26.3 Å². The summed E-state index contributed by atoms with van der Waals surface area (Å²) in [5.74, 6) is -0.786. The number of allylic oxidation sites excluding steroid dienone is 2. The Labute approximate surface area is 133 Å². The summed E-state index contributed by atoms with van der Waals surface area (Å²) >= 11 is 6.02. The first kappa shape index (κ1) is 17.9. The van der Waals surface area contributed by atoms with E-state index in [0.29, 0.717) is 5.56 Å². The minimum absolute atomic E-state index is 0.194. The lowest BCUT2D eigenvalue weighted by atomic mass is 9.89. The molecule has 8 heteroatoms. The maximum Gasteiger partial charge on any atom is 0.416 e. The van der Waals surface area contributed by atoms with Crippen LogP contribution in [0.15, 0.2) is 47.5 Å². The third-order valence-corrected chi connectivity index (χ3v) is 3.58. The first-order valence-corrected chi connectivity index (χ1v) is 6.85. The topological polar surface area (TPSA) is 9.23 Å². The summed E-state index contributed by atoms with van der Waals surface area (Å²) in [4.78, 5) is 0. The molecule has 2 unspecified atom stereocenters. The second kappa shape index (κ2) is 6.57. The second-order valence-corrected chi connectivity index (χ2v) is 5.36. The van der Waals surface area contributed by atoms with Crippen molar-refractivity contribution in [3.05, 3.63) is 58.7 Å². The molecule has 0 amide bonds. The molecule has 0 heterocycles. The number of alkyl halides is 6. The standard InChI is InChI=1S/C15H11ClF6O/c16-11-2-1-3-12(23-8-14(17,18)19)13(11)9-4-6-10(7-5-9)15(20,21)22/h1-7,12-13H,8H2. The summed E-state index contributed by atoms with van der Waals surface area (Å²) in [6.07, 6.45) is -5.70. The third-order valence-electron chi connectivity index (χ3n) is 3.22. The summed E-state index contributed by atoms with van der Waals surface area (Å²) in [6.45, 7) is -1.47. The van der Waals surface area contributed by atoms with Crippen molar-refractivity contribution in [1.82, 2.24) is 0 Å². The van der Waals surface area contributed by atoms with Crippen LogP contribution in [0.1, 0.15) is 17.0 Å². The highest BCUT2D eigenvalue weighted by Crippen LogP contribution is 2.37. The van der Waals surface area contributed by atoms with Crippen molar-refractivity contribution in [2.24, 2.45) is 0 Å². The Morgan fingerprint density at radius 3 is 2.13 bits per heavy atom. The zero-order valence-electron chi connectivity index (χ0n) is 11.5. The molecule has 0 saturated carbocycles. The average molecular weight is 357 g/mol. The van der Waals surface area contributed by atoms with Crippen molar-refractivity contribution in [1.29, 1.82) is 0 Å². The Kier molecular flexibility index (Phi) is 5.10. The molecule has 1 aromatic rings. The van der Waals surface area contributed by atoms with Crippen LogP contribution < -0.4 is 0 Å². The van der Waals surface area contributed by atoms with E-state index in [2.05, 4.69) is 0 Å². The van der Waals surface area contributed by atoms with Gasteiger partial charge in [-0.05, 0) is 23.8 Å². The van der Waals surface area contributed by atoms with Crippen LogP contribution in [0, 0.1) is 0 Å². The molecule has 0 spiro atoms. The molecule has 1 aromatic carbocycles. The maximum atomic E-state index is 12.6. The third kappa shape index (κ3) is 4.75. The van der Waals surface area contributed by atoms with Crippen LogP contribution in [-0.2, 0) is 10.9 Å². The van der Waals surface area contributed by atoms with Crippen LogP contribution in [0.25, 0.3) is 0 Å². The fourth-order valence-electron chi connectivity index (χ4n) is 2.20. The fourth-order valence-corrected chi connectivity index (χ4v) is 2.52. The van der Waals surface area contributed by atoms with E-state index >= 15 is 0 Å². The smallest absolute Gasteiger partial charge is 0.364 e. The van der Waals surface area contributed by atoms with E-state index in [-0.39, 0.29) is 5.03 Å². The van der Waals surface area contributed by atoms with Gasteiger partial charge in [0.15, 0.2) is 0 Å². The molecule has 0 N–H and O–H groups in total. The Hall–Kier alpha value is -1.47. The lowest BCUT2D eigenvalue weighted by Crippen LogP contribution is -2.28. The molecule has 0 saturated heterocycles. The number of halogens is 7. The number of hydrogen-bond acceptors (Lipinski definition) is 1. The molecular weight excluding hydrogens is 346 g/mol. The van der Waals surface area contributed by atoms with Gasteiger partial charge in [0.1, 0.15) is 6.61 Å². The Bertz CT molecular complexity index is 600. The molecule has 0 radical (unpaired) electrons. The molecule has 0 aromatic heterocycles. The van der Waals surface area contributed by atoms with Crippen LogP contribution in [0.3, 0.4) is 0 Å². The minimum Gasteiger partial charge on any atom is -0.364 e. The van der Waals surface area contributed by atoms with Crippen molar-refractivity contribution in [2.45, 2.75) is 24.4 Å². The summed E-state index contributed by atoms with van der Waals surface area (Å²) < 4.78 is 79.4. The van der Waals surface area contributed by atoms with Crippen molar-refractivity contribution >= 4 is 11.6 Å². The van der Waals surface area contributed by atoms with Gasteiger partial charge < -0.3 is 4.74 Å². The lowest BCUT2D eigenvalue weighted by Gasteiger charge is -2.28. The summed E-state index contributed by atoms with van der Waals surface area (Å²) in [6, 6.07) is 4.09. The zero-order valence-corrected chi connectivity index (χ0v) is 12.2. The first-order valence-electron chi connectivity index (χ1n) is 6.47. The van der Waals surface area contributed by atoms with E-state index in [1.807, 2.05) is 0 Å². The fraction of sp³-hybridized carbons (Fsp3) is 0.333. The molecular formula is C15H11ClF6O. The van der Waals surface area contributed by atoms with Gasteiger partial charge in [0.05, 0.1) is 11.7 Å². The Balaban J connectivity index is 2.23. The van der Waals surface area contributed by atoms with Gasteiger partial charge in [0.2, 0.25) is 0 Å². The molecule has 126 valence electrons. The molecule has 0 fully saturated rings. The lowest BCUT2D eigenvalue weighted by molar-refractivity contribution is -0.181. The normalized spacial score (nSPS) is 22.1. The molecule has 0 aliphatic heterocycles. The van der Waals surface area contributed by atoms with E-state index in [1.165, 1.54) is 30.4 Å². The number of rotatable bonds is 3. The van der Waals surface area contributed by atoms with Crippen LogP contribution in [-0.4, -0.2) is 18.9 Å². The van der Waals surface area contributed by atoms with E-state index < -0.39 is 36.5 Å². The van der Waals surface area contributed by atoms with Crippen LogP contribution in [0.4, 0.5) is 26.3 Å². The van der Waals surface area contributed by atoms with Gasteiger partial charge in [-0.25, -0.2) is 0 Å². The zero-order chi connectivity index (χ0) is 17.3. The highest BCUT2D eigenvalue weighted by atomic mass is 35.5. The predicted octanol–water partition coefficient (Wildman–Crippen LogP) is 5.43. The number of ether oxygens (including phenoxy) is 1. The first-order chi connectivity index (χ1) is 10.6. The number of benzene rings is 1. The van der Waals surface area contributed by atoms with E-state index in [1.54, 1.807) is 0 Å². The molecule has 1 aliphatic carbocycles. The molecule has 23 heavy (non-hydrogen) atoms. The van der Waals surface area contributed by atoms with Gasteiger partial charge in [0, 0.05) is 11.0 Å². The van der Waals surface area contributed by atoms with Gasteiger partial charge in [-0.3, -0.25) is 0 Å². The van der Waals surface area contributed by atoms with Gasteiger partial charge in [-0.15, -0.1) is 0 Å². The Morgan fingerprint density at radius 2 is 1.61 bits per heavy atom. The molecule has 2 atom stereocenters. The van der Waals surface area contributed by atoms with Crippen molar-refractivity contribution in [3.63, 3.8) is 0 Å². The van der Waals surface area contributed by atoms with E-state index in [0.717, 1.165) is 12.1 Å². The van der Waals surface area contributed by atoms with Gasteiger partial charge >= 0.3 is 12.4 Å². The van der Waals surface area contributed by atoms with Crippen molar-refractivity contribution < 1.29 is 31.1 Å². The number of hydrogen-bond donors (Lipinski definition) is 0. The minimum atomic E-state index is -4.51. The van der Waals surface area contributed by atoms with Gasteiger partial charge in [0.25, 0.3) is 0 Å². The molecule has 0 bridgehead atoms. The highest BCUT2D eigenvalue weighted by Gasteiger charge is 2.34. The predicted molar refractivity (Wildman–Crippen MR) is 73.1 cm³/mol. The van der Waals surface area contributed by atoms with E-state index in [9.17, 15) is 26.3 Å². The molecule has 1 aliphatic rings. The molecule has 2 rings (SSSR count). The monoisotopic (exact) mass is 356 g/mol. The van der Waals surface area contributed by atoms with Gasteiger partial charge in [-0.1, -0.05) is 35.9 Å². The van der Waals surface area contributed by atoms with E-state index in [4.69, 9.17) is 16.3 Å². The van der Waals surface area contributed by atoms with Crippen LogP contribution in [0.2, 0.25) is 0 Å². The summed E-state index contributed by atoms with van der Waals surface area (Å²) in [5, 5.41) is 0.194. The largest absolute Gasteiger partial charge is 0.416 e. The quantitative estimate of drug-likeness (QED) is 0.656. The average Bonchev–Trinajstić information content (AvgIpc) is 2.43. The molecule has 1 nitrogen and oxygen atoms in total. The van der Waals surface area contributed by atoms with Crippen molar-refractivity contribution in [3.8, 4) is 0 Å².